The molecule has 0 radical (unpaired) electrons. The lowest BCUT2D eigenvalue weighted by atomic mass is 9.92. The lowest BCUT2D eigenvalue weighted by Gasteiger charge is -2.40. The number of thiocarbonyl (C=S) groups is 1. The molecule has 2 aliphatic heterocycles. The molecule has 1 saturated carbocycles. The first kappa shape index (κ1) is 28.2. The van der Waals surface area contributed by atoms with Crippen molar-refractivity contribution >= 4 is 40.5 Å². The van der Waals surface area contributed by atoms with Gasteiger partial charge in [-0.3, -0.25) is 9.59 Å². The maximum atomic E-state index is 14.1. The van der Waals surface area contributed by atoms with Crippen LogP contribution >= 0.6 is 12.2 Å². The quantitative estimate of drug-likeness (QED) is 0.358. The second-order valence-electron chi connectivity index (χ2n) is 11.2. The standard InChI is InChI=1S/C32H37N5O4S/c38-29(23-36-22-28(34-31(36)42)24-7-2-1-3-8-24)37(21-27-9-6-18-41-27)32(14-4-5-15-32)30(39)33-25-10-12-26(13-11-25)35-16-19-40-20-17-35/h1-3,6-13,18,28H,4-5,14-17,19-23H2,(H,33,39)(H,34,42). The number of ether oxygens (including phenoxy) is 1. The fourth-order valence-corrected chi connectivity index (χ4v) is 6.57. The topological polar surface area (TPSA) is 90.3 Å². The molecule has 3 aliphatic rings. The summed E-state index contributed by atoms with van der Waals surface area (Å²) in [5, 5.41) is 7.04. The molecule has 0 bridgehead atoms. The van der Waals surface area contributed by atoms with E-state index in [2.05, 4.69) is 27.7 Å². The van der Waals surface area contributed by atoms with Crippen molar-refractivity contribution < 1.29 is 18.7 Å². The Kier molecular flexibility index (Phi) is 8.43. The van der Waals surface area contributed by atoms with Crippen LogP contribution in [0.3, 0.4) is 0 Å². The van der Waals surface area contributed by atoms with E-state index in [0.29, 0.717) is 49.2 Å². The van der Waals surface area contributed by atoms with Gasteiger partial charge in [0.2, 0.25) is 11.8 Å². The molecule has 1 aliphatic carbocycles. The highest BCUT2D eigenvalue weighted by Crippen LogP contribution is 2.38. The van der Waals surface area contributed by atoms with E-state index in [1.807, 2.05) is 53.4 Å². The van der Waals surface area contributed by atoms with Gasteiger partial charge in [-0.05, 0) is 67.0 Å². The summed E-state index contributed by atoms with van der Waals surface area (Å²) in [5.41, 5.74) is 1.95. The van der Waals surface area contributed by atoms with Crippen LogP contribution in [0.25, 0.3) is 0 Å². The van der Waals surface area contributed by atoms with Crippen molar-refractivity contribution in [3.8, 4) is 0 Å². The number of nitrogens with one attached hydrogen (secondary N) is 2. The molecule has 1 unspecified atom stereocenters. The molecule has 1 aromatic heterocycles. The molecule has 0 spiro atoms. The van der Waals surface area contributed by atoms with Crippen LogP contribution in [0.1, 0.15) is 43.0 Å². The van der Waals surface area contributed by atoms with Gasteiger partial charge in [0, 0.05) is 31.0 Å². The van der Waals surface area contributed by atoms with Crippen molar-refractivity contribution in [2.75, 3.05) is 49.6 Å². The van der Waals surface area contributed by atoms with Crippen molar-refractivity contribution in [1.82, 2.24) is 15.1 Å². The lowest BCUT2D eigenvalue weighted by Crippen LogP contribution is -2.59. The van der Waals surface area contributed by atoms with Gasteiger partial charge >= 0.3 is 0 Å². The summed E-state index contributed by atoms with van der Waals surface area (Å²) in [6.07, 6.45) is 4.51. The molecule has 2 N–H and O–H groups in total. The fraction of sp³-hybridized carbons (Fsp3) is 0.406. The molecule has 2 amide bonds. The summed E-state index contributed by atoms with van der Waals surface area (Å²) in [6.45, 7) is 4.00. The van der Waals surface area contributed by atoms with E-state index in [0.717, 1.165) is 37.2 Å². The Balaban J connectivity index is 1.20. The van der Waals surface area contributed by atoms with Crippen molar-refractivity contribution in [2.24, 2.45) is 0 Å². The van der Waals surface area contributed by atoms with Crippen molar-refractivity contribution in [3.05, 3.63) is 84.3 Å². The smallest absolute Gasteiger partial charge is 0.250 e. The van der Waals surface area contributed by atoms with Gasteiger partial charge in [0.25, 0.3) is 0 Å². The molecule has 3 aromatic rings. The second-order valence-corrected chi connectivity index (χ2v) is 11.6. The first-order valence-corrected chi connectivity index (χ1v) is 15.1. The van der Waals surface area contributed by atoms with Gasteiger partial charge in [-0.25, -0.2) is 0 Å². The zero-order valence-electron chi connectivity index (χ0n) is 23.7. The number of nitrogens with zero attached hydrogens (tertiary/aromatic N) is 3. The number of hydrogen-bond donors (Lipinski definition) is 2. The number of carbonyl (C=O) groups excluding carboxylic acids is 2. The average molecular weight is 588 g/mol. The Morgan fingerprint density at radius 1 is 1.00 bits per heavy atom. The number of morpholine rings is 1. The molecular formula is C32H37N5O4S. The molecule has 2 saturated heterocycles. The average Bonchev–Trinajstić information content (AvgIpc) is 3.80. The Hall–Kier alpha value is -3.89. The summed E-state index contributed by atoms with van der Waals surface area (Å²) in [7, 11) is 0. The Labute approximate surface area is 251 Å². The minimum Gasteiger partial charge on any atom is -0.467 e. The highest BCUT2D eigenvalue weighted by molar-refractivity contribution is 7.80. The molecule has 6 rings (SSSR count). The number of furan rings is 1. The van der Waals surface area contributed by atoms with E-state index in [4.69, 9.17) is 21.4 Å². The Bertz CT molecular complexity index is 1370. The third-order valence-electron chi connectivity index (χ3n) is 8.58. The number of carbonyl (C=O) groups is 2. The molecule has 9 nitrogen and oxygen atoms in total. The summed E-state index contributed by atoms with van der Waals surface area (Å²) in [6, 6.07) is 21.7. The molecule has 3 heterocycles. The minimum atomic E-state index is -0.986. The number of benzene rings is 2. The fourth-order valence-electron chi connectivity index (χ4n) is 6.29. The Morgan fingerprint density at radius 2 is 1.74 bits per heavy atom. The minimum absolute atomic E-state index is 0.00852. The molecule has 10 heteroatoms. The van der Waals surface area contributed by atoms with Gasteiger partial charge in [0.15, 0.2) is 5.11 Å². The molecule has 42 heavy (non-hydrogen) atoms. The SMILES string of the molecule is O=C(CN1CC(c2ccccc2)NC1=S)N(Cc1ccco1)C1(C(=O)Nc2ccc(N3CCOCC3)cc2)CCCC1. The molecular weight excluding hydrogens is 550 g/mol. The maximum Gasteiger partial charge on any atom is 0.250 e. The number of hydrogen-bond acceptors (Lipinski definition) is 6. The molecule has 3 fully saturated rings. The maximum absolute atomic E-state index is 14.1. The van der Waals surface area contributed by atoms with Gasteiger partial charge in [-0.1, -0.05) is 43.2 Å². The highest BCUT2D eigenvalue weighted by atomic mass is 32.1. The van der Waals surface area contributed by atoms with Crippen molar-refractivity contribution in [2.45, 2.75) is 43.8 Å². The number of amides is 2. The van der Waals surface area contributed by atoms with E-state index < -0.39 is 5.54 Å². The predicted octanol–water partition coefficient (Wildman–Crippen LogP) is 4.33. The van der Waals surface area contributed by atoms with Gasteiger partial charge in [-0.2, -0.15) is 0 Å². The van der Waals surface area contributed by atoms with Gasteiger partial charge in [0.1, 0.15) is 11.3 Å². The highest BCUT2D eigenvalue weighted by Gasteiger charge is 2.49. The van der Waals surface area contributed by atoms with Gasteiger partial charge in [0.05, 0.1) is 38.6 Å². The summed E-state index contributed by atoms with van der Waals surface area (Å²) < 4.78 is 11.1. The lowest BCUT2D eigenvalue weighted by molar-refractivity contribution is -0.146. The molecule has 220 valence electrons. The molecule has 2 aromatic carbocycles. The zero-order valence-corrected chi connectivity index (χ0v) is 24.5. The van der Waals surface area contributed by atoms with E-state index in [-0.39, 0.29) is 30.9 Å². The second kappa shape index (κ2) is 12.5. The third-order valence-corrected chi connectivity index (χ3v) is 8.96. The van der Waals surface area contributed by atoms with Crippen LogP contribution in [-0.4, -0.2) is 71.7 Å². The van der Waals surface area contributed by atoms with E-state index in [9.17, 15) is 9.59 Å². The van der Waals surface area contributed by atoms with Crippen LogP contribution in [0.5, 0.6) is 0 Å². The zero-order chi connectivity index (χ0) is 28.9. The van der Waals surface area contributed by atoms with Crippen LogP contribution in [0, 0.1) is 0 Å². The van der Waals surface area contributed by atoms with Gasteiger partial charge in [-0.15, -0.1) is 0 Å². The summed E-state index contributed by atoms with van der Waals surface area (Å²) in [5.74, 6) is 0.328. The number of rotatable bonds is 9. The van der Waals surface area contributed by atoms with Crippen LogP contribution in [-0.2, 0) is 20.9 Å². The molecule has 1 atom stereocenters. The largest absolute Gasteiger partial charge is 0.467 e. The van der Waals surface area contributed by atoms with Crippen LogP contribution < -0.4 is 15.5 Å². The summed E-state index contributed by atoms with van der Waals surface area (Å²) in [4.78, 5) is 34.2. The van der Waals surface area contributed by atoms with Crippen LogP contribution in [0.4, 0.5) is 11.4 Å². The first-order chi connectivity index (χ1) is 20.5. The summed E-state index contributed by atoms with van der Waals surface area (Å²) >= 11 is 5.63. The predicted molar refractivity (Wildman–Crippen MR) is 165 cm³/mol. The van der Waals surface area contributed by atoms with Crippen LogP contribution in [0.2, 0.25) is 0 Å². The first-order valence-electron chi connectivity index (χ1n) is 14.7. The van der Waals surface area contributed by atoms with Crippen molar-refractivity contribution in [3.63, 3.8) is 0 Å². The normalized spacial score (nSPS) is 19.9. The van der Waals surface area contributed by atoms with Crippen molar-refractivity contribution in [1.29, 1.82) is 0 Å². The van der Waals surface area contributed by atoms with Gasteiger partial charge < -0.3 is 34.5 Å². The van der Waals surface area contributed by atoms with E-state index in [1.165, 1.54) is 0 Å². The Morgan fingerprint density at radius 3 is 2.43 bits per heavy atom. The van der Waals surface area contributed by atoms with Crippen LogP contribution in [0.15, 0.2) is 77.4 Å². The van der Waals surface area contributed by atoms with E-state index >= 15 is 0 Å². The monoisotopic (exact) mass is 587 g/mol. The number of anilines is 2. The third kappa shape index (κ3) is 6.00. The van der Waals surface area contributed by atoms with E-state index in [1.54, 1.807) is 17.2 Å².